The first-order chi connectivity index (χ1) is 8.31. The Hall–Kier alpha value is -0.420. The van der Waals surface area contributed by atoms with Gasteiger partial charge in [0.25, 0.3) is 0 Å². The molecule has 1 unspecified atom stereocenters. The molecule has 0 amide bonds. The monoisotopic (exact) mass is 251 g/mol. The first-order valence-corrected chi connectivity index (χ1v) is 7.41. The minimum atomic E-state index is 0.159. The van der Waals surface area contributed by atoms with Crippen LogP contribution in [0.4, 0.5) is 0 Å². The Morgan fingerprint density at radius 2 is 2.41 bits per heavy atom. The highest BCUT2D eigenvalue weighted by atomic mass is 32.1. The lowest BCUT2D eigenvalue weighted by Gasteiger charge is -2.29. The molecule has 1 aliphatic heterocycles. The summed E-state index contributed by atoms with van der Waals surface area (Å²) in [5, 5.41) is 5.84. The highest BCUT2D eigenvalue weighted by molar-refractivity contribution is 7.09. The van der Waals surface area contributed by atoms with Crippen molar-refractivity contribution in [2.75, 3.05) is 19.6 Å². The zero-order valence-corrected chi connectivity index (χ0v) is 11.0. The number of nitrogens with one attached hydrogen (secondary N) is 1. The Labute approximate surface area is 107 Å². The largest absolute Gasteiger partial charge is 0.329 e. The third-order valence-corrected chi connectivity index (χ3v) is 4.93. The van der Waals surface area contributed by atoms with E-state index in [-0.39, 0.29) is 5.54 Å². The zero-order valence-electron chi connectivity index (χ0n) is 10.2. The van der Waals surface area contributed by atoms with Crippen molar-refractivity contribution in [1.82, 2.24) is 10.2 Å². The van der Waals surface area contributed by atoms with Gasteiger partial charge in [-0.1, -0.05) is 6.07 Å². The number of likely N-dealkylation sites (tertiary alicyclic amines) is 1. The van der Waals surface area contributed by atoms with Gasteiger partial charge in [0.2, 0.25) is 0 Å². The maximum absolute atomic E-state index is 6.01. The quantitative estimate of drug-likeness (QED) is 0.831. The maximum Gasteiger partial charge on any atom is 0.0447 e. The zero-order chi connectivity index (χ0) is 11.7. The van der Waals surface area contributed by atoms with E-state index in [2.05, 4.69) is 27.7 Å². The average molecular weight is 251 g/mol. The molecule has 2 aliphatic rings. The van der Waals surface area contributed by atoms with E-state index in [1.54, 1.807) is 0 Å². The van der Waals surface area contributed by atoms with E-state index in [1.807, 2.05) is 11.3 Å². The Kier molecular flexibility index (Phi) is 3.21. The predicted molar refractivity (Wildman–Crippen MR) is 72.2 cm³/mol. The number of rotatable bonds is 5. The molecule has 17 heavy (non-hydrogen) atoms. The van der Waals surface area contributed by atoms with Gasteiger partial charge in [-0.25, -0.2) is 0 Å². The topological polar surface area (TPSA) is 41.3 Å². The van der Waals surface area contributed by atoms with E-state index >= 15 is 0 Å². The average Bonchev–Trinajstić information content (AvgIpc) is 2.93. The molecule has 2 heterocycles. The van der Waals surface area contributed by atoms with Crippen molar-refractivity contribution in [2.45, 2.75) is 37.4 Å². The van der Waals surface area contributed by atoms with E-state index in [4.69, 9.17) is 5.73 Å². The van der Waals surface area contributed by atoms with Crippen molar-refractivity contribution in [2.24, 2.45) is 5.73 Å². The van der Waals surface area contributed by atoms with E-state index in [0.29, 0.717) is 0 Å². The van der Waals surface area contributed by atoms with E-state index in [9.17, 15) is 0 Å². The molecule has 1 atom stereocenters. The van der Waals surface area contributed by atoms with Crippen LogP contribution < -0.4 is 11.1 Å². The van der Waals surface area contributed by atoms with Crippen LogP contribution in [-0.2, 0) is 6.54 Å². The Morgan fingerprint density at radius 1 is 1.53 bits per heavy atom. The maximum atomic E-state index is 6.01. The van der Waals surface area contributed by atoms with Crippen LogP contribution in [0.15, 0.2) is 17.5 Å². The predicted octanol–water partition coefficient (Wildman–Crippen LogP) is 1.40. The summed E-state index contributed by atoms with van der Waals surface area (Å²) in [6, 6.07) is 5.17. The summed E-state index contributed by atoms with van der Waals surface area (Å²) in [7, 11) is 0. The lowest BCUT2D eigenvalue weighted by atomic mass is 9.99. The number of nitrogens with two attached hydrogens (primary N) is 1. The molecule has 1 saturated carbocycles. The fourth-order valence-electron chi connectivity index (χ4n) is 2.73. The SMILES string of the molecule is NCC1(NCc2cccs2)CCN(C2CC2)C1. The third-order valence-electron chi connectivity index (χ3n) is 4.06. The summed E-state index contributed by atoms with van der Waals surface area (Å²) < 4.78 is 0. The first-order valence-electron chi connectivity index (χ1n) is 6.53. The molecule has 3 nitrogen and oxygen atoms in total. The fraction of sp³-hybridized carbons (Fsp3) is 0.692. The second kappa shape index (κ2) is 4.69. The van der Waals surface area contributed by atoms with Crippen molar-refractivity contribution >= 4 is 11.3 Å². The van der Waals surface area contributed by atoms with Gasteiger partial charge in [-0.3, -0.25) is 4.90 Å². The standard InChI is InChI=1S/C13H21N3S/c14-9-13(15-8-12-2-1-7-17-12)5-6-16(10-13)11-3-4-11/h1-2,7,11,15H,3-6,8-10,14H2. The fourth-order valence-corrected chi connectivity index (χ4v) is 3.37. The van der Waals surface area contributed by atoms with Crippen molar-refractivity contribution in [3.05, 3.63) is 22.4 Å². The number of nitrogens with zero attached hydrogens (tertiary/aromatic N) is 1. The Morgan fingerprint density at radius 3 is 3.06 bits per heavy atom. The Bertz CT molecular complexity index is 361. The minimum absolute atomic E-state index is 0.159. The van der Waals surface area contributed by atoms with Crippen LogP contribution in [0.1, 0.15) is 24.1 Å². The van der Waals surface area contributed by atoms with Gasteiger partial charge in [-0.05, 0) is 30.7 Å². The van der Waals surface area contributed by atoms with Crippen molar-refractivity contribution < 1.29 is 0 Å². The lowest BCUT2D eigenvalue weighted by Crippen LogP contribution is -2.52. The molecule has 3 N–H and O–H groups in total. The van der Waals surface area contributed by atoms with Gasteiger partial charge >= 0.3 is 0 Å². The van der Waals surface area contributed by atoms with Gasteiger partial charge in [0, 0.05) is 42.6 Å². The highest BCUT2D eigenvalue weighted by Crippen LogP contribution is 2.33. The van der Waals surface area contributed by atoms with Crippen LogP contribution >= 0.6 is 11.3 Å². The molecule has 0 bridgehead atoms. The van der Waals surface area contributed by atoms with Crippen LogP contribution in [0.25, 0.3) is 0 Å². The molecule has 1 aromatic rings. The number of hydrogen-bond donors (Lipinski definition) is 2. The molecule has 1 aliphatic carbocycles. The van der Waals surface area contributed by atoms with Crippen LogP contribution in [0.5, 0.6) is 0 Å². The van der Waals surface area contributed by atoms with Crippen molar-refractivity contribution in [3.8, 4) is 0 Å². The summed E-state index contributed by atoms with van der Waals surface area (Å²) >= 11 is 1.82. The molecule has 0 radical (unpaired) electrons. The molecule has 4 heteroatoms. The summed E-state index contributed by atoms with van der Waals surface area (Å²) in [5.74, 6) is 0. The van der Waals surface area contributed by atoms with Crippen molar-refractivity contribution in [3.63, 3.8) is 0 Å². The number of hydrogen-bond acceptors (Lipinski definition) is 4. The van der Waals surface area contributed by atoms with Crippen molar-refractivity contribution in [1.29, 1.82) is 0 Å². The highest BCUT2D eigenvalue weighted by Gasteiger charge is 2.42. The lowest BCUT2D eigenvalue weighted by molar-refractivity contribution is 0.275. The molecule has 3 rings (SSSR count). The van der Waals surface area contributed by atoms with Crippen LogP contribution in [-0.4, -0.2) is 36.1 Å². The van der Waals surface area contributed by atoms with Gasteiger partial charge in [0.15, 0.2) is 0 Å². The molecular formula is C13H21N3S. The molecular weight excluding hydrogens is 230 g/mol. The molecule has 0 spiro atoms. The molecule has 2 fully saturated rings. The molecule has 1 saturated heterocycles. The molecule has 94 valence electrons. The van der Waals surface area contributed by atoms with Gasteiger partial charge in [-0.15, -0.1) is 11.3 Å². The second-order valence-electron chi connectivity index (χ2n) is 5.37. The van der Waals surface area contributed by atoms with Gasteiger partial charge in [-0.2, -0.15) is 0 Å². The van der Waals surface area contributed by atoms with Crippen LogP contribution in [0, 0.1) is 0 Å². The number of thiophene rings is 1. The summed E-state index contributed by atoms with van der Waals surface area (Å²) in [4.78, 5) is 4.02. The summed E-state index contributed by atoms with van der Waals surface area (Å²) in [6.07, 6.45) is 3.99. The first kappa shape index (κ1) is 11.7. The van der Waals surface area contributed by atoms with Gasteiger partial charge in [0.1, 0.15) is 0 Å². The summed E-state index contributed by atoms with van der Waals surface area (Å²) in [5.41, 5.74) is 6.16. The van der Waals surface area contributed by atoms with Gasteiger partial charge < -0.3 is 11.1 Å². The van der Waals surface area contributed by atoms with Crippen LogP contribution in [0.2, 0.25) is 0 Å². The Balaban J connectivity index is 1.58. The second-order valence-corrected chi connectivity index (χ2v) is 6.40. The van der Waals surface area contributed by atoms with E-state index in [0.717, 1.165) is 25.7 Å². The van der Waals surface area contributed by atoms with Gasteiger partial charge in [0.05, 0.1) is 0 Å². The molecule has 1 aromatic heterocycles. The smallest absolute Gasteiger partial charge is 0.0447 e. The third kappa shape index (κ3) is 2.55. The summed E-state index contributed by atoms with van der Waals surface area (Å²) in [6.45, 7) is 4.08. The van der Waals surface area contributed by atoms with Crippen LogP contribution in [0.3, 0.4) is 0 Å². The van der Waals surface area contributed by atoms with E-state index in [1.165, 1.54) is 30.7 Å². The minimum Gasteiger partial charge on any atom is -0.329 e. The molecule has 0 aromatic carbocycles. The normalized spacial score (nSPS) is 29.9. The van der Waals surface area contributed by atoms with E-state index < -0.39 is 0 Å².